The van der Waals surface area contributed by atoms with Crippen LogP contribution in [-0.4, -0.2) is 18.5 Å². The van der Waals surface area contributed by atoms with E-state index < -0.39 is 0 Å². The van der Waals surface area contributed by atoms with Crippen molar-refractivity contribution in [2.75, 3.05) is 0 Å². The van der Waals surface area contributed by atoms with Crippen LogP contribution in [0.5, 0.6) is 0 Å². The van der Waals surface area contributed by atoms with Gasteiger partial charge in [0.2, 0.25) is 11.5 Å². The zero-order chi connectivity index (χ0) is 35.0. The Bertz CT molecular complexity index is 3220. The summed E-state index contributed by atoms with van der Waals surface area (Å²) in [4.78, 5) is 5.13. The average Bonchev–Trinajstić information content (AvgIpc) is 3.97. The highest BCUT2D eigenvalue weighted by Gasteiger charge is 2.35. The first kappa shape index (κ1) is 28.8. The van der Waals surface area contributed by atoms with E-state index in [1.807, 2.05) is 18.2 Å². The van der Waals surface area contributed by atoms with Crippen molar-refractivity contribution < 1.29 is 4.42 Å². The number of rotatable bonds is 3. The van der Waals surface area contributed by atoms with Gasteiger partial charge >= 0.3 is 0 Å². The van der Waals surface area contributed by atoms with Crippen molar-refractivity contribution in [2.45, 2.75) is 19.3 Å². The van der Waals surface area contributed by atoms with E-state index >= 15 is 0 Å². The first-order chi connectivity index (χ1) is 26.0. The SMILES string of the molecule is CC1(C)c2ccccc2-c2ccc(-c3ccc(-n4c5ccccc5c5cc(-n6c7oc8ccccc8c7n7c8ccccc8nc67)ccc54)cc3)cc21. The average molecular weight is 681 g/mol. The number of hydrogen-bond donors (Lipinski definition) is 0. The molecule has 11 aromatic rings. The predicted molar refractivity (Wildman–Crippen MR) is 217 cm³/mol. The van der Waals surface area contributed by atoms with Crippen molar-refractivity contribution >= 4 is 60.8 Å². The van der Waals surface area contributed by atoms with Crippen LogP contribution < -0.4 is 0 Å². The fourth-order valence-corrected chi connectivity index (χ4v) is 9.16. The number of furan rings is 1. The van der Waals surface area contributed by atoms with Crippen LogP contribution in [0.1, 0.15) is 25.0 Å². The molecule has 5 heteroatoms. The molecule has 250 valence electrons. The molecule has 0 N–H and O–H groups in total. The Balaban J connectivity index is 1.01. The van der Waals surface area contributed by atoms with Crippen LogP contribution in [0.3, 0.4) is 0 Å². The van der Waals surface area contributed by atoms with E-state index in [1.165, 1.54) is 49.7 Å². The lowest BCUT2D eigenvalue weighted by molar-refractivity contribution is 0.645. The van der Waals surface area contributed by atoms with E-state index in [0.717, 1.165) is 55.9 Å². The Labute approximate surface area is 304 Å². The molecule has 0 amide bonds. The molecule has 4 heterocycles. The fraction of sp³-hybridized carbons (Fsp3) is 0.0625. The highest BCUT2D eigenvalue weighted by molar-refractivity contribution is 6.11. The van der Waals surface area contributed by atoms with Crippen LogP contribution in [0.15, 0.2) is 162 Å². The number of imidazole rings is 2. The molecule has 7 aromatic carbocycles. The van der Waals surface area contributed by atoms with Crippen LogP contribution in [0, 0.1) is 0 Å². The Morgan fingerprint density at radius 1 is 0.509 bits per heavy atom. The van der Waals surface area contributed by atoms with Gasteiger partial charge in [0.1, 0.15) is 11.1 Å². The van der Waals surface area contributed by atoms with Gasteiger partial charge in [0, 0.05) is 27.3 Å². The highest BCUT2D eigenvalue weighted by Crippen LogP contribution is 2.49. The Morgan fingerprint density at radius 3 is 2.08 bits per heavy atom. The largest absolute Gasteiger partial charge is 0.437 e. The van der Waals surface area contributed by atoms with E-state index in [4.69, 9.17) is 9.40 Å². The van der Waals surface area contributed by atoms with Crippen molar-refractivity contribution in [3.63, 3.8) is 0 Å². The van der Waals surface area contributed by atoms with Crippen LogP contribution in [0.4, 0.5) is 0 Å². The second-order valence-electron chi connectivity index (χ2n) is 14.9. The summed E-state index contributed by atoms with van der Waals surface area (Å²) in [5.74, 6) is 0.836. The molecule has 5 nitrogen and oxygen atoms in total. The van der Waals surface area contributed by atoms with Crippen LogP contribution in [0.25, 0.3) is 94.4 Å². The van der Waals surface area contributed by atoms with Gasteiger partial charge in [-0.1, -0.05) is 105 Å². The molecule has 1 aliphatic carbocycles. The van der Waals surface area contributed by atoms with Gasteiger partial charge in [-0.05, 0) is 100 Å². The minimum Gasteiger partial charge on any atom is -0.437 e. The molecule has 4 aromatic heterocycles. The summed E-state index contributed by atoms with van der Waals surface area (Å²) in [5.41, 5.74) is 17.1. The summed E-state index contributed by atoms with van der Waals surface area (Å²) in [6, 6.07) is 56.8. The van der Waals surface area contributed by atoms with E-state index in [1.54, 1.807) is 0 Å². The molecule has 0 spiro atoms. The topological polar surface area (TPSA) is 40.3 Å². The standard InChI is InChI=1S/C48H32N4O/c1-48(2)38-14-6-3-11-33(38)34-25-21-30(27-39(34)48)29-19-22-31(23-20-29)50-41-16-8-4-12-35(41)37-28-32(24-26-42(37)50)51-46-45(36-13-5-10-18-44(36)53-46)52-43-17-9-7-15-40(43)49-47(51)52/h3-28H,1-2H3. The molecule has 12 rings (SSSR count). The van der Waals surface area contributed by atoms with Gasteiger partial charge in [0.25, 0.3) is 0 Å². The van der Waals surface area contributed by atoms with Crippen LogP contribution in [0.2, 0.25) is 0 Å². The number of hydrogen-bond acceptors (Lipinski definition) is 2. The molecule has 0 bridgehead atoms. The maximum Gasteiger partial charge on any atom is 0.232 e. The molecule has 0 atom stereocenters. The zero-order valence-electron chi connectivity index (χ0n) is 29.2. The maximum absolute atomic E-state index is 6.60. The molecule has 0 saturated heterocycles. The minimum atomic E-state index is -0.0304. The fourth-order valence-electron chi connectivity index (χ4n) is 9.16. The van der Waals surface area contributed by atoms with Gasteiger partial charge in [0.05, 0.1) is 27.8 Å². The third-order valence-electron chi connectivity index (χ3n) is 11.7. The Hall–Kier alpha value is -6.85. The number of aromatic nitrogens is 4. The lowest BCUT2D eigenvalue weighted by Gasteiger charge is -2.22. The summed E-state index contributed by atoms with van der Waals surface area (Å²) in [6.07, 6.45) is 0. The van der Waals surface area contributed by atoms with Gasteiger partial charge in [-0.15, -0.1) is 0 Å². The number of fused-ring (bicyclic) bond motifs is 13. The Morgan fingerprint density at radius 2 is 1.19 bits per heavy atom. The summed E-state index contributed by atoms with van der Waals surface area (Å²) in [5, 5.41) is 3.45. The molecule has 1 aliphatic rings. The van der Waals surface area contributed by atoms with Gasteiger partial charge in [-0.25, -0.2) is 9.55 Å². The van der Waals surface area contributed by atoms with Crippen LogP contribution >= 0.6 is 0 Å². The molecule has 0 fully saturated rings. The summed E-state index contributed by atoms with van der Waals surface area (Å²) in [6.45, 7) is 4.68. The van der Waals surface area contributed by atoms with E-state index in [9.17, 15) is 0 Å². The monoisotopic (exact) mass is 680 g/mol. The summed E-state index contributed by atoms with van der Waals surface area (Å²) >= 11 is 0. The smallest absolute Gasteiger partial charge is 0.232 e. The molecule has 0 aliphatic heterocycles. The van der Waals surface area contributed by atoms with Crippen molar-refractivity contribution in [3.8, 4) is 33.6 Å². The molecular formula is C48H32N4O. The minimum absolute atomic E-state index is 0.0304. The third kappa shape index (κ3) is 3.78. The van der Waals surface area contributed by atoms with Gasteiger partial charge in [-0.2, -0.15) is 0 Å². The van der Waals surface area contributed by atoms with Gasteiger partial charge < -0.3 is 8.98 Å². The zero-order valence-corrected chi connectivity index (χ0v) is 29.2. The first-order valence-corrected chi connectivity index (χ1v) is 18.2. The van der Waals surface area contributed by atoms with Gasteiger partial charge in [-0.3, -0.25) is 4.40 Å². The van der Waals surface area contributed by atoms with E-state index in [0.29, 0.717) is 0 Å². The number of benzene rings is 7. The quantitative estimate of drug-likeness (QED) is 0.186. The van der Waals surface area contributed by atoms with E-state index in [2.05, 4.69) is 167 Å². The predicted octanol–water partition coefficient (Wildman–Crippen LogP) is 12.2. The van der Waals surface area contributed by atoms with E-state index in [-0.39, 0.29) is 5.41 Å². The molecule has 0 saturated carbocycles. The summed E-state index contributed by atoms with van der Waals surface area (Å²) in [7, 11) is 0. The molecule has 0 radical (unpaired) electrons. The Kier molecular flexibility index (Phi) is 5.51. The normalized spacial score (nSPS) is 13.6. The highest BCUT2D eigenvalue weighted by atomic mass is 16.3. The number of nitrogens with zero attached hydrogens (tertiary/aromatic N) is 4. The second kappa shape index (κ2) is 10.1. The lowest BCUT2D eigenvalue weighted by Crippen LogP contribution is -2.14. The second-order valence-corrected chi connectivity index (χ2v) is 14.9. The third-order valence-corrected chi connectivity index (χ3v) is 11.7. The van der Waals surface area contributed by atoms with Crippen molar-refractivity contribution in [1.29, 1.82) is 0 Å². The summed E-state index contributed by atoms with van der Waals surface area (Å²) < 4.78 is 13.4. The lowest BCUT2D eigenvalue weighted by atomic mass is 9.81. The van der Waals surface area contributed by atoms with Crippen molar-refractivity contribution in [1.82, 2.24) is 18.5 Å². The number of para-hydroxylation sites is 4. The molecule has 0 unspecified atom stereocenters. The van der Waals surface area contributed by atoms with Crippen molar-refractivity contribution in [3.05, 3.63) is 169 Å². The van der Waals surface area contributed by atoms with Crippen molar-refractivity contribution in [2.24, 2.45) is 0 Å². The van der Waals surface area contributed by atoms with Gasteiger partial charge in [0.15, 0.2) is 0 Å². The van der Waals surface area contributed by atoms with Crippen LogP contribution in [-0.2, 0) is 5.41 Å². The first-order valence-electron chi connectivity index (χ1n) is 18.2. The molecular weight excluding hydrogens is 649 g/mol. The molecule has 53 heavy (non-hydrogen) atoms. The maximum atomic E-state index is 6.60.